The third-order valence-corrected chi connectivity index (χ3v) is 4.18. The number of hydrogen-bond donors (Lipinski definition) is 1. The van der Waals surface area contributed by atoms with Gasteiger partial charge in [-0.25, -0.2) is 0 Å². The molecule has 1 aromatic carbocycles. The second kappa shape index (κ2) is 3.31. The Labute approximate surface area is 89.7 Å². The topological polar surface area (TPSA) is 26.0 Å². The maximum Gasteiger partial charge on any atom is 0.0544 e. The van der Waals surface area contributed by atoms with Crippen LogP contribution in [0.4, 0.5) is 5.69 Å². The number of nitrogen functional groups attached to an aromatic ring is 1. The van der Waals surface area contributed by atoms with Crippen molar-refractivity contribution in [2.75, 3.05) is 5.73 Å². The highest BCUT2D eigenvalue weighted by molar-refractivity contribution is 9.08. The molecule has 68 valence electrons. The number of halogens is 1. The highest BCUT2D eigenvalue weighted by atomic mass is 79.9. The van der Waals surface area contributed by atoms with Crippen molar-refractivity contribution < 1.29 is 0 Å². The van der Waals surface area contributed by atoms with E-state index >= 15 is 0 Å². The minimum absolute atomic E-state index is 0.844. The Morgan fingerprint density at radius 1 is 1.46 bits per heavy atom. The summed E-state index contributed by atoms with van der Waals surface area (Å²) in [6.07, 6.45) is 0. The minimum Gasteiger partial charge on any atom is -0.397 e. The van der Waals surface area contributed by atoms with Crippen LogP contribution in [0.15, 0.2) is 18.2 Å². The van der Waals surface area contributed by atoms with E-state index in [1.54, 1.807) is 11.3 Å². The summed E-state index contributed by atoms with van der Waals surface area (Å²) in [6, 6.07) is 6.38. The van der Waals surface area contributed by atoms with Crippen LogP contribution in [0.5, 0.6) is 0 Å². The molecule has 1 heterocycles. The molecule has 2 rings (SSSR count). The Bertz CT molecular complexity index is 447. The molecule has 13 heavy (non-hydrogen) atoms. The average Bonchev–Trinajstić information content (AvgIpc) is 2.42. The van der Waals surface area contributed by atoms with Gasteiger partial charge in [0.25, 0.3) is 0 Å². The SMILES string of the molecule is Cc1ccc2c(N)c(CBr)sc2c1. The molecule has 0 fully saturated rings. The lowest BCUT2D eigenvalue weighted by atomic mass is 10.2. The Kier molecular flexibility index (Phi) is 2.30. The summed E-state index contributed by atoms with van der Waals surface area (Å²) in [4.78, 5) is 1.22. The third-order valence-electron chi connectivity index (χ3n) is 2.08. The lowest BCUT2D eigenvalue weighted by Crippen LogP contribution is -1.85. The molecule has 0 amide bonds. The molecule has 1 nitrogen and oxygen atoms in total. The van der Waals surface area contributed by atoms with Crippen molar-refractivity contribution in [2.45, 2.75) is 12.3 Å². The summed E-state index contributed by atoms with van der Waals surface area (Å²) in [5.74, 6) is 0. The van der Waals surface area contributed by atoms with E-state index in [-0.39, 0.29) is 0 Å². The summed E-state index contributed by atoms with van der Waals surface area (Å²) in [5, 5.41) is 2.03. The molecule has 2 N–H and O–H groups in total. The molecule has 0 aliphatic rings. The molecule has 0 aliphatic carbocycles. The Morgan fingerprint density at radius 2 is 2.23 bits per heavy atom. The fourth-order valence-corrected chi connectivity index (χ4v) is 3.09. The van der Waals surface area contributed by atoms with Gasteiger partial charge in [0.15, 0.2) is 0 Å². The first-order chi connectivity index (χ1) is 6.22. The van der Waals surface area contributed by atoms with Crippen molar-refractivity contribution in [1.29, 1.82) is 0 Å². The molecule has 0 spiro atoms. The number of alkyl halides is 1. The molecule has 0 aliphatic heterocycles. The van der Waals surface area contributed by atoms with Crippen LogP contribution >= 0.6 is 27.3 Å². The molecule has 0 unspecified atom stereocenters. The van der Waals surface area contributed by atoms with Crippen LogP contribution in [0, 0.1) is 6.92 Å². The number of hydrogen-bond acceptors (Lipinski definition) is 2. The van der Waals surface area contributed by atoms with Gasteiger partial charge in [-0.15, -0.1) is 11.3 Å². The van der Waals surface area contributed by atoms with Crippen molar-refractivity contribution in [2.24, 2.45) is 0 Å². The van der Waals surface area contributed by atoms with Gasteiger partial charge in [0.05, 0.1) is 5.69 Å². The zero-order valence-corrected chi connectivity index (χ0v) is 9.71. The highest BCUT2D eigenvalue weighted by Gasteiger charge is 2.07. The fraction of sp³-hybridized carbons (Fsp3) is 0.200. The number of thiophene rings is 1. The van der Waals surface area contributed by atoms with Crippen LogP contribution in [0.25, 0.3) is 10.1 Å². The van der Waals surface area contributed by atoms with Gasteiger partial charge in [-0.1, -0.05) is 28.1 Å². The van der Waals surface area contributed by atoms with Gasteiger partial charge >= 0.3 is 0 Å². The number of rotatable bonds is 1. The van der Waals surface area contributed by atoms with E-state index in [0.717, 1.165) is 11.0 Å². The molecule has 1 aromatic heterocycles. The first-order valence-corrected chi connectivity index (χ1v) is 5.99. The molecular weight excluding hydrogens is 246 g/mol. The smallest absolute Gasteiger partial charge is 0.0544 e. The standard InChI is InChI=1S/C10H10BrNS/c1-6-2-3-7-8(4-6)13-9(5-11)10(7)12/h2-4H,5,12H2,1H3. The monoisotopic (exact) mass is 255 g/mol. The van der Waals surface area contributed by atoms with Crippen LogP contribution in [0.3, 0.4) is 0 Å². The Balaban J connectivity index is 2.76. The van der Waals surface area contributed by atoms with E-state index in [0.29, 0.717) is 0 Å². The zero-order valence-electron chi connectivity index (χ0n) is 7.30. The largest absolute Gasteiger partial charge is 0.397 e. The van der Waals surface area contributed by atoms with Crippen LogP contribution in [-0.4, -0.2) is 0 Å². The van der Waals surface area contributed by atoms with Gasteiger partial charge in [0.1, 0.15) is 0 Å². The van der Waals surface area contributed by atoms with E-state index < -0.39 is 0 Å². The lowest BCUT2D eigenvalue weighted by molar-refractivity contribution is 1.52. The summed E-state index contributed by atoms with van der Waals surface area (Å²) in [5.41, 5.74) is 8.19. The van der Waals surface area contributed by atoms with Gasteiger partial charge in [0, 0.05) is 20.3 Å². The maximum atomic E-state index is 5.98. The van der Waals surface area contributed by atoms with Crippen LogP contribution in [0.2, 0.25) is 0 Å². The molecular formula is C10H10BrNS. The Hall–Kier alpha value is -0.540. The molecule has 3 heteroatoms. The molecule has 0 saturated heterocycles. The van der Waals surface area contributed by atoms with Crippen molar-refractivity contribution in [3.05, 3.63) is 28.6 Å². The number of fused-ring (bicyclic) bond motifs is 1. The van der Waals surface area contributed by atoms with E-state index in [2.05, 4.69) is 41.1 Å². The first-order valence-electron chi connectivity index (χ1n) is 4.06. The summed E-state index contributed by atoms with van der Waals surface area (Å²) in [7, 11) is 0. The molecule has 0 bridgehead atoms. The van der Waals surface area contributed by atoms with Gasteiger partial charge < -0.3 is 5.73 Å². The van der Waals surface area contributed by atoms with E-state index in [1.165, 1.54) is 20.5 Å². The number of aryl methyl sites for hydroxylation is 1. The molecule has 0 atom stereocenters. The summed E-state index contributed by atoms with van der Waals surface area (Å²) in [6.45, 7) is 2.10. The van der Waals surface area contributed by atoms with Gasteiger partial charge in [-0.3, -0.25) is 0 Å². The predicted octanol–water partition coefficient (Wildman–Crippen LogP) is 3.69. The minimum atomic E-state index is 0.844. The normalized spacial score (nSPS) is 10.9. The average molecular weight is 256 g/mol. The first kappa shape index (κ1) is 9.03. The molecule has 2 aromatic rings. The van der Waals surface area contributed by atoms with Crippen LogP contribution in [0.1, 0.15) is 10.4 Å². The molecule has 0 saturated carbocycles. The second-order valence-corrected chi connectivity index (χ2v) is 4.77. The Morgan fingerprint density at radius 3 is 2.92 bits per heavy atom. The van der Waals surface area contributed by atoms with Crippen LogP contribution < -0.4 is 5.73 Å². The lowest BCUT2D eigenvalue weighted by Gasteiger charge is -1.93. The van der Waals surface area contributed by atoms with E-state index in [1.807, 2.05) is 0 Å². The number of benzene rings is 1. The van der Waals surface area contributed by atoms with Gasteiger partial charge in [-0.05, 0) is 18.6 Å². The quantitative estimate of drug-likeness (QED) is 0.774. The van der Waals surface area contributed by atoms with E-state index in [4.69, 9.17) is 5.73 Å². The second-order valence-electron chi connectivity index (χ2n) is 3.07. The van der Waals surface area contributed by atoms with Crippen molar-refractivity contribution in [1.82, 2.24) is 0 Å². The van der Waals surface area contributed by atoms with Crippen LogP contribution in [-0.2, 0) is 5.33 Å². The maximum absolute atomic E-state index is 5.98. The summed E-state index contributed by atoms with van der Waals surface area (Å²) >= 11 is 5.20. The highest BCUT2D eigenvalue weighted by Crippen LogP contribution is 2.35. The molecule has 0 radical (unpaired) electrons. The van der Waals surface area contributed by atoms with E-state index in [9.17, 15) is 0 Å². The zero-order chi connectivity index (χ0) is 9.42. The van der Waals surface area contributed by atoms with Gasteiger partial charge in [0.2, 0.25) is 0 Å². The third kappa shape index (κ3) is 1.46. The van der Waals surface area contributed by atoms with Crippen molar-refractivity contribution >= 4 is 43.0 Å². The van der Waals surface area contributed by atoms with Gasteiger partial charge in [-0.2, -0.15) is 0 Å². The predicted molar refractivity (Wildman–Crippen MR) is 63.6 cm³/mol. The number of nitrogens with two attached hydrogens (primary N) is 1. The van der Waals surface area contributed by atoms with Crippen molar-refractivity contribution in [3.8, 4) is 0 Å². The summed E-state index contributed by atoms with van der Waals surface area (Å²) < 4.78 is 1.28. The number of anilines is 1. The van der Waals surface area contributed by atoms with Crippen molar-refractivity contribution in [3.63, 3.8) is 0 Å². The fourth-order valence-electron chi connectivity index (χ4n) is 1.37.